The summed E-state index contributed by atoms with van der Waals surface area (Å²) in [6.07, 6.45) is 10.8. The summed E-state index contributed by atoms with van der Waals surface area (Å²) in [5.74, 6) is 5.26. The molecule has 252 valence electrons. The van der Waals surface area contributed by atoms with Crippen molar-refractivity contribution < 1.29 is 0 Å². The maximum Gasteiger partial charge on any atom is 0.144 e. The SMILES string of the molecule is Cc1ccnc(N(c2cc(N(c3cc(C)ccn3)c3cc(C)ccn3)nc(N(c3cc(C)ccn3)c3cc(C)ccn3)c2)c2cc(C)ccn2)c1. The lowest BCUT2D eigenvalue weighted by atomic mass is 10.2. The van der Waals surface area contributed by atoms with E-state index in [0.717, 1.165) is 39.1 Å². The average molecular weight is 671 g/mol. The van der Waals surface area contributed by atoms with E-state index < -0.39 is 0 Å². The van der Waals surface area contributed by atoms with E-state index in [9.17, 15) is 0 Å². The molecule has 7 rings (SSSR count). The number of hydrogen-bond acceptors (Lipinski definition) is 10. The van der Waals surface area contributed by atoms with E-state index in [-0.39, 0.29) is 0 Å². The van der Waals surface area contributed by atoms with Gasteiger partial charge in [0.2, 0.25) is 0 Å². The van der Waals surface area contributed by atoms with Crippen molar-refractivity contribution >= 4 is 52.2 Å². The Balaban J connectivity index is 1.57. The molecule has 0 saturated carbocycles. The molecule has 0 bridgehead atoms. The predicted molar refractivity (Wildman–Crippen MR) is 203 cm³/mol. The molecule has 0 spiro atoms. The first-order valence-electron chi connectivity index (χ1n) is 16.7. The summed E-state index contributed by atoms with van der Waals surface area (Å²) >= 11 is 0. The molecule has 0 unspecified atom stereocenters. The number of rotatable bonds is 9. The molecular formula is C41H38N10. The van der Waals surface area contributed by atoms with Crippen LogP contribution < -0.4 is 14.7 Å². The van der Waals surface area contributed by atoms with E-state index in [0.29, 0.717) is 46.5 Å². The molecule has 0 aliphatic heterocycles. The minimum absolute atomic E-state index is 0.578. The molecular weight excluding hydrogens is 633 g/mol. The van der Waals surface area contributed by atoms with Crippen LogP contribution in [0.3, 0.4) is 0 Å². The monoisotopic (exact) mass is 670 g/mol. The molecule has 0 radical (unpaired) electrons. The lowest BCUT2D eigenvalue weighted by molar-refractivity contribution is 1.03. The zero-order chi connectivity index (χ0) is 35.5. The number of aromatic nitrogens is 7. The Morgan fingerprint density at radius 1 is 0.294 bits per heavy atom. The van der Waals surface area contributed by atoms with Crippen molar-refractivity contribution in [3.63, 3.8) is 0 Å². The van der Waals surface area contributed by atoms with E-state index >= 15 is 0 Å². The van der Waals surface area contributed by atoms with E-state index in [1.165, 1.54) is 0 Å². The molecule has 0 N–H and O–H groups in total. The Morgan fingerprint density at radius 2 is 0.529 bits per heavy atom. The van der Waals surface area contributed by atoms with Gasteiger partial charge in [-0.3, -0.25) is 14.7 Å². The van der Waals surface area contributed by atoms with Gasteiger partial charge in [0.25, 0.3) is 0 Å². The average Bonchev–Trinajstić information content (AvgIpc) is 3.09. The normalized spacial score (nSPS) is 10.9. The molecule has 10 nitrogen and oxygen atoms in total. The Kier molecular flexibility index (Phi) is 9.13. The first kappa shape index (κ1) is 33.0. The fraction of sp³-hybridized carbons (Fsp3) is 0.146. The maximum absolute atomic E-state index is 5.39. The second-order valence-electron chi connectivity index (χ2n) is 12.7. The zero-order valence-electron chi connectivity index (χ0n) is 29.5. The molecule has 7 aromatic rings. The van der Waals surface area contributed by atoms with Gasteiger partial charge in [0.05, 0.1) is 5.69 Å². The van der Waals surface area contributed by atoms with Crippen LogP contribution in [0.4, 0.5) is 52.2 Å². The van der Waals surface area contributed by atoms with Crippen molar-refractivity contribution in [2.75, 3.05) is 14.7 Å². The highest BCUT2D eigenvalue weighted by atomic mass is 15.3. The molecule has 51 heavy (non-hydrogen) atoms. The van der Waals surface area contributed by atoms with Crippen molar-refractivity contribution in [3.05, 3.63) is 155 Å². The highest BCUT2D eigenvalue weighted by Crippen LogP contribution is 2.42. The third kappa shape index (κ3) is 7.25. The fourth-order valence-corrected chi connectivity index (χ4v) is 5.79. The molecule has 0 saturated heterocycles. The molecule has 10 heteroatoms. The van der Waals surface area contributed by atoms with Crippen LogP contribution in [0.2, 0.25) is 0 Å². The smallest absolute Gasteiger partial charge is 0.144 e. The van der Waals surface area contributed by atoms with Crippen molar-refractivity contribution in [1.29, 1.82) is 0 Å². The Morgan fingerprint density at radius 3 is 0.765 bits per heavy atom. The summed E-state index contributed by atoms with van der Waals surface area (Å²) in [6.45, 7) is 12.3. The first-order valence-corrected chi connectivity index (χ1v) is 16.7. The van der Waals surface area contributed by atoms with Crippen molar-refractivity contribution in [2.24, 2.45) is 0 Å². The van der Waals surface area contributed by atoms with Crippen LogP contribution in [0.25, 0.3) is 0 Å². The lowest BCUT2D eigenvalue weighted by Crippen LogP contribution is -2.21. The lowest BCUT2D eigenvalue weighted by Gasteiger charge is -2.30. The third-order valence-electron chi connectivity index (χ3n) is 8.28. The fourth-order valence-electron chi connectivity index (χ4n) is 5.79. The number of anilines is 9. The molecule has 0 atom stereocenters. The summed E-state index contributed by atoms with van der Waals surface area (Å²) in [4.78, 5) is 40.3. The standard InChI is InChI=1S/C41H38N10/c1-27-7-13-42-34(19-27)49(35-20-28(2)8-14-43-35)33-25-40(50(36-21-29(3)9-15-44-36)37-22-30(4)10-16-45-37)48-41(26-33)51(38-23-31(5)11-17-46-38)39-24-32(6)12-18-47-39/h7-26H,1-6H3. The number of hydrogen-bond donors (Lipinski definition) is 0. The highest BCUT2D eigenvalue weighted by Gasteiger charge is 2.26. The Hall–Kier alpha value is -6.55. The van der Waals surface area contributed by atoms with Crippen LogP contribution in [0.5, 0.6) is 0 Å². The maximum atomic E-state index is 5.39. The predicted octanol–water partition coefficient (Wildman–Crippen LogP) is 9.71. The largest absolute Gasteiger partial charge is 0.279 e. The number of nitrogens with zero attached hydrogens (tertiary/aromatic N) is 10. The van der Waals surface area contributed by atoms with Crippen molar-refractivity contribution in [3.8, 4) is 0 Å². The molecule has 7 aromatic heterocycles. The quantitative estimate of drug-likeness (QED) is 0.148. The summed E-state index contributed by atoms with van der Waals surface area (Å²) in [5, 5.41) is 0. The minimum atomic E-state index is 0.578. The molecule has 0 aromatic carbocycles. The summed E-state index contributed by atoms with van der Waals surface area (Å²) in [5.41, 5.74) is 7.11. The molecule has 0 aliphatic carbocycles. The molecule has 0 aliphatic rings. The second kappa shape index (κ2) is 14.1. The molecule has 0 amide bonds. The van der Waals surface area contributed by atoms with Gasteiger partial charge in [-0.2, -0.15) is 0 Å². The van der Waals surface area contributed by atoms with Crippen LogP contribution >= 0.6 is 0 Å². The van der Waals surface area contributed by atoms with Gasteiger partial charge >= 0.3 is 0 Å². The number of pyridine rings is 7. The van der Waals surface area contributed by atoms with E-state index in [1.807, 2.05) is 140 Å². The Labute approximate surface area is 298 Å². The molecule has 0 fully saturated rings. The Bertz CT molecular complexity index is 1930. The van der Waals surface area contributed by atoms with Crippen LogP contribution in [-0.2, 0) is 0 Å². The van der Waals surface area contributed by atoms with Crippen molar-refractivity contribution in [2.45, 2.75) is 41.5 Å². The first-order chi connectivity index (χ1) is 24.7. The summed E-state index contributed by atoms with van der Waals surface area (Å²) < 4.78 is 0. The highest BCUT2D eigenvalue weighted by molar-refractivity contribution is 5.83. The van der Waals surface area contributed by atoms with Crippen LogP contribution in [0, 0.1) is 41.5 Å². The van der Waals surface area contributed by atoms with Crippen LogP contribution in [-0.4, -0.2) is 34.9 Å². The van der Waals surface area contributed by atoms with Crippen LogP contribution in [0.15, 0.2) is 122 Å². The summed E-state index contributed by atoms with van der Waals surface area (Å²) in [6, 6.07) is 28.1. The topological polar surface area (TPSA) is 100.0 Å². The van der Waals surface area contributed by atoms with Crippen molar-refractivity contribution in [1.82, 2.24) is 34.9 Å². The van der Waals surface area contributed by atoms with Gasteiger partial charge in [-0.05, 0) is 148 Å². The molecule has 7 heterocycles. The van der Waals surface area contributed by atoms with Gasteiger partial charge in [-0.15, -0.1) is 0 Å². The van der Waals surface area contributed by atoms with Gasteiger partial charge in [-0.1, -0.05) is 0 Å². The number of aryl methyl sites for hydroxylation is 6. The van der Waals surface area contributed by atoms with E-state index in [2.05, 4.69) is 13.8 Å². The zero-order valence-corrected chi connectivity index (χ0v) is 29.5. The minimum Gasteiger partial charge on any atom is -0.279 e. The van der Waals surface area contributed by atoms with E-state index in [4.69, 9.17) is 34.9 Å². The van der Waals surface area contributed by atoms with Gasteiger partial charge in [0.1, 0.15) is 46.5 Å². The van der Waals surface area contributed by atoms with Gasteiger partial charge in [-0.25, -0.2) is 34.9 Å². The van der Waals surface area contributed by atoms with Gasteiger partial charge < -0.3 is 0 Å². The van der Waals surface area contributed by atoms with Crippen LogP contribution in [0.1, 0.15) is 33.4 Å². The summed E-state index contributed by atoms with van der Waals surface area (Å²) in [7, 11) is 0. The third-order valence-corrected chi connectivity index (χ3v) is 8.28. The van der Waals surface area contributed by atoms with Gasteiger partial charge in [0.15, 0.2) is 0 Å². The van der Waals surface area contributed by atoms with Gasteiger partial charge in [0, 0.05) is 49.3 Å². The second-order valence-corrected chi connectivity index (χ2v) is 12.7. The van der Waals surface area contributed by atoms with E-state index in [1.54, 1.807) is 24.8 Å².